The van der Waals surface area contributed by atoms with Crippen molar-refractivity contribution in [3.05, 3.63) is 65.0 Å². The number of rotatable bonds is 3. The molecule has 0 atom stereocenters. The molecule has 1 N–H and O–H groups in total. The average molecular weight is 403 g/mol. The Hall–Kier alpha value is -1.65. The van der Waals surface area contributed by atoms with E-state index in [4.69, 9.17) is 4.98 Å². The first-order valence-corrected chi connectivity index (χ1v) is 8.70. The van der Waals surface area contributed by atoms with Crippen molar-refractivity contribution < 1.29 is 0 Å². The molecule has 0 amide bonds. The van der Waals surface area contributed by atoms with E-state index in [1.165, 1.54) is 11.1 Å². The third-order valence-corrected chi connectivity index (χ3v) is 4.61. The van der Waals surface area contributed by atoms with Crippen LogP contribution < -0.4 is 5.32 Å². The van der Waals surface area contributed by atoms with Crippen LogP contribution in [0.1, 0.15) is 31.9 Å². The summed E-state index contributed by atoms with van der Waals surface area (Å²) in [5.74, 6) is 0. The summed E-state index contributed by atoms with van der Waals surface area (Å²) >= 11 is 1.63. The molecule has 0 aliphatic carbocycles. The second-order valence-electron chi connectivity index (χ2n) is 6.86. The predicted molar refractivity (Wildman–Crippen MR) is 111 cm³/mol. The Morgan fingerprint density at radius 2 is 1.54 bits per heavy atom. The van der Waals surface area contributed by atoms with Crippen molar-refractivity contribution in [3.8, 4) is 11.3 Å². The highest BCUT2D eigenvalue weighted by Gasteiger charge is 2.13. The van der Waals surface area contributed by atoms with Crippen LogP contribution in [0, 0.1) is 6.92 Å². The lowest BCUT2D eigenvalue weighted by atomic mass is 9.86. The highest BCUT2D eigenvalue weighted by molar-refractivity contribution is 8.93. The molecule has 1 heterocycles. The summed E-state index contributed by atoms with van der Waals surface area (Å²) in [5, 5.41) is 6.38. The van der Waals surface area contributed by atoms with Crippen LogP contribution in [-0.4, -0.2) is 4.98 Å². The summed E-state index contributed by atoms with van der Waals surface area (Å²) < 4.78 is 0. The smallest absolute Gasteiger partial charge is 0.187 e. The second-order valence-corrected chi connectivity index (χ2v) is 7.71. The Morgan fingerprint density at radius 3 is 2.12 bits per heavy atom. The van der Waals surface area contributed by atoms with Gasteiger partial charge < -0.3 is 5.32 Å². The molecule has 0 aliphatic heterocycles. The van der Waals surface area contributed by atoms with Gasteiger partial charge in [0.15, 0.2) is 5.13 Å². The number of anilines is 2. The zero-order valence-corrected chi connectivity index (χ0v) is 17.0. The van der Waals surface area contributed by atoms with Gasteiger partial charge in [0.25, 0.3) is 0 Å². The fourth-order valence-electron chi connectivity index (χ4n) is 2.37. The van der Waals surface area contributed by atoms with Gasteiger partial charge in [-0.15, -0.1) is 28.3 Å². The SMILES string of the molecule is Br.Cc1ccc(Nc2nc(-c3ccc(C(C)(C)C)cc3)cs2)cc1. The largest absolute Gasteiger partial charge is 0.332 e. The zero-order chi connectivity index (χ0) is 16.4. The van der Waals surface area contributed by atoms with Gasteiger partial charge in [0.1, 0.15) is 0 Å². The van der Waals surface area contributed by atoms with Crippen LogP contribution in [-0.2, 0) is 5.41 Å². The van der Waals surface area contributed by atoms with Crippen LogP contribution >= 0.6 is 28.3 Å². The molecule has 0 bridgehead atoms. The topological polar surface area (TPSA) is 24.9 Å². The highest BCUT2D eigenvalue weighted by atomic mass is 79.9. The molecule has 3 rings (SSSR count). The molecular formula is C20H23BrN2S. The van der Waals surface area contributed by atoms with Gasteiger partial charge in [-0.2, -0.15) is 0 Å². The summed E-state index contributed by atoms with van der Waals surface area (Å²) in [7, 11) is 0. The highest BCUT2D eigenvalue weighted by Crippen LogP contribution is 2.29. The monoisotopic (exact) mass is 402 g/mol. The number of benzene rings is 2. The Bertz CT molecular complexity index is 784. The second kappa shape index (κ2) is 7.49. The van der Waals surface area contributed by atoms with E-state index in [2.05, 4.69) is 86.9 Å². The number of nitrogens with zero attached hydrogens (tertiary/aromatic N) is 1. The third-order valence-electron chi connectivity index (χ3n) is 3.85. The standard InChI is InChI=1S/C20H22N2S.BrH/c1-14-5-11-17(12-6-14)21-19-22-18(13-23-19)15-7-9-16(10-8-15)20(2,3)4;/h5-13H,1-4H3,(H,21,22);1H. The minimum absolute atomic E-state index is 0. The van der Waals surface area contributed by atoms with Gasteiger partial charge in [0.05, 0.1) is 5.69 Å². The van der Waals surface area contributed by atoms with Crippen LogP contribution in [0.4, 0.5) is 10.8 Å². The summed E-state index contributed by atoms with van der Waals surface area (Å²) in [6.07, 6.45) is 0. The van der Waals surface area contributed by atoms with E-state index in [0.717, 1.165) is 22.1 Å². The molecule has 4 heteroatoms. The number of thiazole rings is 1. The molecule has 2 aromatic carbocycles. The lowest BCUT2D eigenvalue weighted by molar-refractivity contribution is 0.590. The number of halogens is 1. The maximum atomic E-state index is 4.70. The minimum Gasteiger partial charge on any atom is -0.332 e. The van der Waals surface area contributed by atoms with Crippen LogP contribution in [0.5, 0.6) is 0 Å². The third kappa shape index (κ3) is 4.46. The van der Waals surface area contributed by atoms with E-state index < -0.39 is 0 Å². The lowest BCUT2D eigenvalue weighted by Crippen LogP contribution is -2.10. The molecule has 3 aromatic rings. The van der Waals surface area contributed by atoms with Gasteiger partial charge in [-0.1, -0.05) is 62.7 Å². The van der Waals surface area contributed by atoms with E-state index in [-0.39, 0.29) is 22.4 Å². The molecule has 0 saturated heterocycles. The molecule has 24 heavy (non-hydrogen) atoms. The number of hydrogen-bond donors (Lipinski definition) is 1. The molecule has 0 saturated carbocycles. The van der Waals surface area contributed by atoms with Crippen LogP contribution in [0.15, 0.2) is 53.9 Å². The molecule has 126 valence electrons. The van der Waals surface area contributed by atoms with Crippen LogP contribution in [0.2, 0.25) is 0 Å². The van der Waals surface area contributed by atoms with E-state index in [1.54, 1.807) is 11.3 Å². The van der Waals surface area contributed by atoms with Crippen molar-refractivity contribution in [1.29, 1.82) is 0 Å². The van der Waals surface area contributed by atoms with E-state index >= 15 is 0 Å². The first-order valence-electron chi connectivity index (χ1n) is 7.82. The van der Waals surface area contributed by atoms with E-state index in [0.29, 0.717) is 0 Å². The molecule has 0 unspecified atom stereocenters. The Morgan fingerprint density at radius 1 is 0.917 bits per heavy atom. The van der Waals surface area contributed by atoms with Gasteiger partial charge >= 0.3 is 0 Å². The minimum atomic E-state index is 0. The van der Waals surface area contributed by atoms with Crippen LogP contribution in [0.25, 0.3) is 11.3 Å². The number of hydrogen-bond acceptors (Lipinski definition) is 3. The summed E-state index contributed by atoms with van der Waals surface area (Å²) in [6, 6.07) is 17.1. The summed E-state index contributed by atoms with van der Waals surface area (Å²) in [4.78, 5) is 4.70. The number of aromatic nitrogens is 1. The maximum Gasteiger partial charge on any atom is 0.187 e. The molecule has 1 aromatic heterocycles. The lowest BCUT2D eigenvalue weighted by Gasteiger charge is -2.18. The molecular weight excluding hydrogens is 380 g/mol. The van der Waals surface area contributed by atoms with Crippen molar-refractivity contribution in [3.63, 3.8) is 0 Å². The van der Waals surface area contributed by atoms with Gasteiger partial charge in [-0.3, -0.25) is 0 Å². The van der Waals surface area contributed by atoms with Crippen molar-refractivity contribution in [2.24, 2.45) is 0 Å². The molecule has 0 aliphatic rings. The first kappa shape index (κ1) is 18.7. The molecule has 0 radical (unpaired) electrons. The van der Waals surface area contributed by atoms with Crippen LogP contribution in [0.3, 0.4) is 0 Å². The quantitative estimate of drug-likeness (QED) is 0.524. The fourth-order valence-corrected chi connectivity index (χ4v) is 3.10. The predicted octanol–water partition coefficient (Wildman–Crippen LogP) is 6.74. The molecule has 2 nitrogen and oxygen atoms in total. The zero-order valence-electron chi connectivity index (χ0n) is 14.5. The molecule has 0 spiro atoms. The van der Waals surface area contributed by atoms with Gasteiger partial charge in [-0.25, -0.2) is 4.98 Å². The first-order chi connectivity index (χ1) is 10.9. The Labute approximate surface area is 158 Å². The Kier molecular flexibility index (Phi) is 5.83. The van der Waals surface area contributed by atoms with Crippen molar-refractivity contribution in [1.82, 2.24) is 4.98 Å². The Balaban J connectivity index is 0.00000208. The summed E-state index contributed by atoms with van der Waals surface area (Å²) in [6.45, 7) is 8.78. The fraction of sp³-hybridized carbons (Fsp3) is 0.250. The van der Waals surface area contributed by atoms with Crippen molar-refractivity contribution >= 4 is 39.1 Å². The number of nitrogens with one attached hydrogen (secondary N) is 1. The van der Waals surface area contributed by atoms with Crippen molar-refractivity contribution in [2.75, 3.05) is 5.32 Å². The maximum absolute atomic E-state index is 4.70. The molecule has 0 fully saturated rings. The van der Waals surface area contributed by atoms with Gasteiger partial charge in [0, 0.05) is 16.6 Å². The van der Waals surface area contributed by atoms with E-state index in [1.807, 2.05) is 0 Å². The van der Waals surface area contributed by atoms with Crippen molar-refractivity contribution in [2.45, 2.75) is 33.1 Å². The van der Waals surface area contributed by atoms with Gasteiger partial charge in [0.2, 0.25) is 0 Å². The number of aryl methyl sites for hydroxylation is 1. The van der Waals surface area contributed by atoms with Gasteiger partial charge in [-0.05, 0) is 30.0 Å². The summed E-state index contributed by atoms with van der Waals surface area (Å²) in [5.41, 5.74) is 6.03. The normalized spacial score (nSPS) is 11.0. The van der Waals surface area contributed by atoms with E-state index in [9.17, 15) is 0 Å². The average Bonchev–Trinajstić information content (AvgIpc) is 2.97.